The van der Waals surface area contributed by atoms with Crippen LogP contribution >= 0.6 is 0 Å². The van der Waals surface area contributed by atoms with E-state index in [4.69, 9.17) is 9.72 Å². The Morgan fingerprint density at radius 2 is 1.88 bits per heavy atom. The largest absolute Gasteiger partial charge is 0.497 e. The molecule has 5 rings (SSSR count). The molecule has 0 saturated carbocycles. The van der Waals surface area contributed by atoms with E-state index < -0.39 is 15.8 Å². The van der Waals surface area contributed by atoms with Gasteiger partial charge in [-0.1, -0.05) is 18.2 Å². The van der Waals surface area contributed by atoms with Crippen molar-refractivity contribution < 1.29 is 17.5 Å². The first-order chi connectivity index (χ1) is 15.9. The summed E-state index contributed by atoms with van der Waals surface area (Å²) in [6.07, 6.45) is 1.94. The van der Waals surface area contributed by atoms with E-state index in [0.29, 0.717) is 22.4 Å². The first kappa shape index (κ1) is 21.2. The number of aryl methyl sites for hydroxylation is 1. The Bertz CT molecular complexity index is 1460. The van der Waals surface area contributed by atoms with E-state index in [1.165, 1.54) is 29.3 Å². The zero-order valence-corrected chi connectivity index (χ0v) is 18.7. The van der Waals surface area contributed by atoms with E-state index in [1.54, 1.807) is 19.2 Å². The number of aromatic nitrogens is 1. The summed E-state index contributed by atoms with van der Waals surface area (Å²) in [7, 11) is -2.28. The lowest BCUT2D eigenvalue weighted by atomic mass is 10.1. The van der Waals surface area contributed by atoms with E-state index in [9.17, 15) is 12.8 Å². The minimum absolute atomic E-state index is 0.120. The van der Waals surface area contributed by atoms with Crippen molar-refractivity contribution in [3.63, 3.8) is 0 Å². The summed E-state index contributed by atoms with van der Waals surface area (Å²) >= 11 is 0. The molecule has 0 amide bonds. The fourth-order valence-corrected chi connectivity index (χ4v) is 5.31. The minimum atomic E-state index is -3.94. The molecular weight excluding hydrogens is 441 g/mol. The fraction of sp³-hybridized carbons (Fsp3) is 0.160. The number of sulfonamides is 1. The van der Waals surface area contributed by atoms with Crippen LogP contribution in [0.5, 0.6) is 5.75 Å². The zero-order chi connectivity index (χ0) is 23.0. The molecule has 8 heteroatoms. The van der Waals surface area contributed by atoms with Crippen LogP contribution in [0, 0.1) is 5.82 Å². The van der Waals surface area contributed by atoms with Crippen molar-refractivity contribution in [1.29, 1.82) is 0 Å². The average Bonchev–Trinajstić information content (AvgIpc) is 3.20. The molecule has 2 N–H and O–H groups in total. The maximum atomic E-state index is 13.5. The standard InChI is InChI=1S/C25H22FN3O3S/c1-32-18-10-8-16-9-12-23(21(16)15-18)28-25-13-11-20-22(27-25)6-3-7-24(20)29-33(30,31)19-5-2-4-17(26)14-19/h2-8,10-11,13-15,23,29H,9,12H2,1H3,(H,27,28). The van der Waals surface area contributed by atoms with E-state index in [2.05, 4.69) is 22.2 Å². The third-order valence-electron chi connectivity index (χ3n) is 5.84. The molecule has 0 spiro atoms. The summed E-state index contributed by atoms with van der Waals surface area (Å²) in [5.41, 5.74) is 3.52. The lowest BCUT2D eigenvalue weighted by Crippen LogP contribution is -2.13. The Balaban J connectivity index is 1.42. The number of nitrogens with zero attached hydrogens (tertiary/aromatic N) is 1. The van der Waals surface area contributed by atoms with Crippen molar-refractivity contribution in [2.24, 2.45) is 0 Å². The van der Waals surface area contributed by atoms with Gasteiger partial charge in [-0.2, -0.15) is 0 Å². The van der Waals surface area contributed by atoms with Gasteiger partial charge in [0.15, 0.2) is 0 Å². The number of halogens is 1. The van der Waals surface area contributed by atoms with Crippen LogP contribution in [-0.4, -0.2) is 20.5 Å². The van der Waals surface area contributed by atoms with Crippen LogP contribution in [0.15, 0.2) is 77.7 Å². The van der Waals surface area contributed by atoms with Crippen LogP contribution in [0.1, 0.15) is 23.6 Å². The van der Waals surface area contributed by atoms with Gasteiger partial charge in [-0.25, -0.2) is 17.8 Å². The number of anilines is 2. The molecule has 1 aromatic heterocycles. The first-order valence-corrected chi connectivity index (χ1v) is 12.0. The molecule has 3 aromatic carbocycles. The highest BCUT2D eigenvalue weighted by Gasteiger charge is 2.23. The van der Waals surface area contributed by atoms with Crippen molar-refractivity contribution in [1.82, 2.24) is 4.98 Å². The van der Waals surface area contributed by atoms with Gasteiger partial charge in [-0.15, -0.1) is 0 Å². The van der Waals surface area contributed by atoms with Crippen LogP contribution < -0.4 is 14.8 Å². The third-order valence-corrected chi connectivity index (χ3v) is 7.20. The molecule has 1 atom stereocenters. The quantitative estimate of drug-likeness (QED) is 0.407. The number of hydrogen-bond donors (Lipinski definition) is 2. The van der Waals surface area contributed by atoms with Gasteiger partial charge >= 0.3 is 0 Å². The molecule has 0 aliphatic heterocycles. The van der Waals surface area contributed by atoms with E-state index >= 15 is 0 Å². The van der Waals surface area contributed by atoms with Gasteiger partial charge in [0.2, 0.25) is 0 Å². The molecule has 0 saturated heterocycles. The highest BCUT2D eigenvalue weighted by molar-refractivity contribution is 7.92. The van der Waals surface area contributed by atoms with Gasteiger partial charge in [0.25, 0.3) is 10.0 Å². The molecule has 4 aromatic rings. The van der Waals surface area contributed by atoms with Crippen LogP contribution in [0.2, 0.25) is 0 Å². The average molecular weight is 464 g/mol. The first-order valence-electron chi connectivity index (χ1n) is 10.5. The topological polar surface area (TPSA) is 80.3 Å². The third kappa shape index (κ3) is 4.21. The maximum Gasteiger partial charge on any atom is 0.262 e. The number of methoxy groups -OCH3 is 1. The van der Waals surface area contributed by atoms with Crippen molar-refractivity contribution in [2.45, 2.75) is 23.8 Å². The predicted octanol–water partition coefficient (Wildman–Crippen LogP) is 5.28. The molecule has 33 heavy (non-hydrogen) atoms. The van der Waals surface area contributed by atoms with Crippen molar-refractivity contribution in [3.8, 4) is 5.75 Å². The Labute approximate surface area is 191 Å². The van der Waals surface area contributed by atoms with Gasteiger partial charge in [0, 0.05) is 5.39 Å². The summed E-state index contributed by atoms with van der Waals surface area (Å²) in [5, 5.41) is 4.14. The normalized spacial score (nSPS) is 15.3. The molecule has 1 unspecified atom stereocenters. The number of pyridine rings is 1. The number of benzene rings is 3. The van der Waals surface area contributed by atoms with E-state index in [0.717, 1.165) is 24.7 Å². The van der Waals surface area contributed by atoms with Crippen molar-refractivity contribution >= 4 is 32.4 Å². The van der Waals surface area contributed by atoms with Gasteiger partial charge < -0.3 is 10.1 Å². The summed E-state index contributed by atoms with van der Waals surface area (Å²) in [6, 6.07) is 20.0. The Morgan fingerprint density at radius 3 is 2.70 bits per heavy atom. The second kappa shape index (κ2) is 8.37. The molecule has 0 radical (unpaired) electrons. The van der Waals surface area contributed by atoms with Gasteiger partial charge in [-0.3, -0.25) is 4.72 Å². The van der Waals surface area contributed by atoms with Gasteiger partial charge in [-0.05, 0) is 78.6 Å². The SMILES string of the molecule is COc1ccc2c(c1)C(Nc1ccc3c(NS(=O)(=O)c4cccc(F)c4)cccc3n1)CC2. The lowest BCUT2D eigenvalue weighted by Gasteiger charge is -2.16. The summed E-state index contributed by atoms with van der Waals surface area (Å²) in [6.45, 7) is 0. The van der Waals surface area contributed by atoms with Crippen LogP contribution in [-0.2, 0) is 16.4 Å². The summed E-state index contributed by atoms with van der Waals surface area (Å²) in [4.78, 5) is 4.56. The molecule has 1 aliphatic rings. The Morgan fingerprint density at radius 1 is 1.03 bits per heavy atom. The molecule has 168 valence electrons. The van der Waals surface area contributed by atoms with Gasteiger partial charge in [0.05, 0.1) is 29.3 Å². The van der Waals surface area contributed by atoms with Crippen molar-refractivity contribution in [2.75, 3.05) is 17.1 Å². The Kier molecular flexibility index (Phi) is 5.38. The number of hydrogen-bond acceptors (Lipinski definition) is 5. The lowest BCUT2D eigenvalue weighted by molar-refractivity contribution is 0.414. The second-order valence-electron chi connectivity index (χ2n) is 7.93. The molecule has 0 fully saturated rings. The maximum absolute atomic E-state index is 13.5. The number of fused-ring (bicyclic) bond motifs is 2. The second-order valence-corrected chi connectivity index (χ2v) is 9.61. The molecule has 1 heterocycles. The number of rotatable bonds is 6. The summed E-state index contributed by atoms with van der Waals surface area (Å²) < 4.78 is 46.9. The molecule has 1 aliphatic carbocycles. The van der Waals surface area contributed by atoms with Crippen LogP contribution in [0.25, 0.3) is 10.9 Å². The smallest absolute Gasteiger partial charge is 0.262 e. The van der Waals surface area contributed by atoms with E-state index in [1.807, 2.05) is 24.3 Å². The zero-order valence-electron chi connectivity index (χ0n) is 17.9. The summed E-state index contributed by atoms with van der Waals surface area (Å²) in [5.74, 6) is 0.914. The van der Waals surface area contributed by atoms with Crippen molar-refractivity contribution in [3.05, 3.63) is 89.7 Å². The highest BCUT2D eigenvalue weighted by Crippen LogP contribution is 2.36. The van der Waals surface area contributed by atoms with Gasteiger partial charge in [0.1, 0.15) is 17.4 Å². The monoisotopic (exact) mass is 463 g/mol. The molecule has 0 bridgehead atoms. The van der Waals surface area contributed by atoms with Crippen LogP contribution in [0.4, 0.5) is 15.9 Å². The molecule has 6 nitrogen and oxygen atoms in total. The minimum Gasteiger partial charge on any atom is -0.497 e. The molecular formula is C25H22FN3O3S. The highest BCUT2D eigenvalue weighted by atomic mass is 32.2. The van der Waals surface area contributed by atoms with E-state index in [-0.39, 0.29) is 10.9 Å². The predicted molar refractivity (Wildman–Crippen MR) is 127 cm³/mol. The number of nitrogens with one attached hydrogen (secondary N) is 2. The number of ether oxygens (including phenoxy) is 1. The Hall–Kier alpha value is -3.65. The fourth-order valence-electron chi connectivity index (χ4n) is 4.20. The van der Waals surface area contributed by atoms with Crippen LogP contribution in [0.3, 0.4) is 0 Å².